The van der Waals surface area contributed by atoms with Gasteiger partial charge < -0.3 is 0 Å². The van der Waals surface area contributed by atoms with Crippen molar-refractivity contribution in [2.45, 2.75) is 0 Å². The quantitative estimate of drug-likeness (QED) is 0.263. The molecule has 1 aliphatic carbocycles. The van der Waals surface area contributed by atoms with E-state index in [0.29, 0.717) is 0 Å². The first kappa shape index (κ1) is 16.0. The molecule has 26 heavy (non-hydrogen) atoms. The Balaban J connectivity index is 1.66. The van der Waals surface area contributed by atoms with Crippen LogP contribution in [-0.2, 0) is 0 Å². The van der Waals surface area contributed by atoms with Crippen LogP contribution in [0, 0.1) is 0 Å². The van der Waals surface area contributed by atoms with E-state index in [4.69, 9.17) is 4.98 Å². The highest BCUT2D eigenvalue weighted by Gasteiger charge is 2.13. The summed E-state index contributed by atoms with van der Waals surface area (Å²) in [4.78, 5) is 4.92. The third-order valence-corrected chi connectivity index (χ3v) is 5.61. The SMILES string of the molecule is Brc1cc(Br)cc(-c2cccc(-c3cc4c5c(cccc5n3)C=C4)c2)c1. The van der Waals surface area contributed by atoms with Crippen molar-refractivity contribution in [1.29, 1.82) is 0 Å². The van der Waals surface area contributed by atoms with Gasteiger partial charge >= 0.3 is 0 Å². The maximum atomic E-state index is 4.92. The van der Waals surface area contributed by atoms with Crippen LogP contribution in [-0.4, -0.2) is 4.98 Å². The molecule has 1 aromatic heterocycles. The number of pyridine rings is 1. The van der Waals surface area contributed by atoms with Gasteiger partial charge in [0, 0.05) is 19.9 Å². The van der Waals surface area contributed by atoms with Crippen LogP contribution in [0.15, 0.2) is 75.7 Å². The molecule has 0 aliphatic heterocycles. The lowest BCUT2D eigenvalue weighted by Crippen LogP contribution is -1.89. The second-order valence-electron chi connectivity index (χ2n) is 6.41. The fourth-order valence-corrected chi connectivity index (χ4v) is 4.82. The Bertz CT molecular complexity index is 1190. The van der Waals surface area contributed by atoms with Gasteiger partial charge in [0.15, 0.2) is 0 Å². The highest BCUT2D eigenvalue weighted by Crippen LogP contribution is 2.35. The van der Waals surface area contributed by atoms with Crippen LogP contribution in [0.3, 0.4) is 0 Å². The first-order chi connectivity index (χ1) is 12.7. The molecule has 0 N–H and O–H groups in total. The van der Waals surface area contributed by atoms with Crippen LogP contribution in [0.1, 0.15) is 11.1 Å². The monoisotopic (exact) mass is 461 g/mol. The van der Waals surface area contributed by atoms with Gasteiger partial charge in [0.05, 0.1) is 11.2 Å². The lowest BCUT2D eigenvalue weighted by molar-refractivity contribution is 1.39. The van der Waals surface area contributed by atoms with Gasteiger partial charge in [-0.05, 0) is 58.7 Å². The van der Waals surface area contributed by atoms with Gasteiger partial charge in [0.2, 0.25) is 0 Å². The van der Waals surface area contributed by atoms with Crippen molar-refractivity contribution in [3.05, 3.63) is 86.8 Å². The van der Waals surface area contributed by atoms with Gasteiger partial charge in [0.1, 0.15) is 0 Å². The largest absolute Gasteiger partial charge is 0.248 e. The van der Waals surface area contributed by atoms with Crippen molar-refractivity contribution >= 4 is 54.9 Å². The zero-order valence-electron chi connectivity index (χ0n) is 13.7. The first-order valence-electron chi connectivity index (χ1n) is 8.36. The average molecular weight is 463 g/mol. The molecule has 5 rings (SSSR count). The standard InChI is InChI=1S/C23H13Br2N/c24-19-10-18(11-20(25)13-19)15-4-1-5-16(9-15)22-12-17-8-7-14-3-2-6-21(26-22)23(14)17/h1-13H. The highest BCUT2D eigenvalue weighted by molar-refractivity contribution is 9.11. The van der Waals surface area contributed by atoms with Crippen LogP contribution in [0.5, 0.6) is 0 Å². The van der Waals surface area contributed by atoms with Crippen molar-refractivity contribution in [2.24, 2.45) is 0 Å². The predicted octanol–water partition coefficient (Wildman–Crippen LogP) is 7.58. The summed E-state index contributed by atoms with van der Waals surface area (Å²) in [6, 6.07) is 23.4. The maximum absolute atomic E-state index is 4.92. The summed E-state index contributed by atoms with van der Waals surface area (Å²) in [5.74, 6) is 0. The molecule has 3 aromatic carbocycles. The van der Waals surface area contributed by atoms with E-state index in [9.17, 15) is 0 Å². The van der Waals surface area contributed by atoms with Gasteiger partial charge in [-0.2, -0.15) is 0 Å². The van der Waals surface area contributed by atoms with E-state index >= 15 is 0 Å². The summed E-state index contributed by atoms with van der Waals surface area (Å²) < 4.78 is 2.11. The normalized spacial score (nSPS) is 12.1. The molecule has 0 atom stereocenters. The van der Waals surface area contributed by atoms with Crippen molar-refractivity contribution < 1.29 is 0 Å². The summed E-state index contributed by atoms with van der Waals surface area (Å²) in [5, 5.41) is 1.25. The molecule has 0 saturated carbocycles. The fourth-order valence-electron chi connectivity index (χ4n) is 3.52. The van der Waals surface area contributed by atoms with E-state index < -0.39 is 0 Å². The van der Waals surface area contributed by atoms with E-state index in [1.54, 1.807) is 0 Å². The number of nitrogens with zero attached hydrogens (tertiary/aromatic N) is 1. The molecule has 3 heteroatoms. The first-order valence-corrected chi connectivity index (χ1v) is 9.95. The predicted molar refractivity (Wildman–Crippen MR) is 117 cm³/mol. The highest BCUT2D eigenvalue weighted by atomic mass is 79.9. The number of halogens is 2. The Morgan fingerprint density at radius 1 is 0.615 bits per heavy atom. The molecule has 0 fully saturated rings. The summed E-state index contributed by atoms with van der Waals surface area (Å²) in [5.41, 5.74) is 8.03. The summed E-state index contributed by atoms with van der Waals surface area (Å²) in [7, 11) is 0. The van der Waals surface area contributed by atoms with Crippen molar-refractivity contribution in [3.63, 3.8) is 0 Å². The van der Waals surface area contributed by atoms with E-state index in [1.165, 1.54) is 27.6 Å². The van der Waals surface area contributed by atoms with Gasteiger partial charge in [-0.1, -0.05) is 74.3 Å². The molecule has 0 bridgehead atoms. The van der Waals surface area contributed by atoms with Gasteiger partial charge in [0.25, 0.3) is 0 Å². The molecule has 1 heterocycles. The smallest absolute Gasteiger partial charge is 0.0721 e. The van der Waals surface area contributed by atoms with Gasteiger partial charge in [-0.25, -0.2) is 4.98 Å². The van der Waals surface area contributed by atoms with Crippen LogP contribution in [0.25, 0.3) is 45.4 Å². The number of benzene rings is 3. The van der Waals surface area contributed by atoms with Gasteiger partial charge in [-0.15, -0.1) is 0 Å². The maximum Gasteiger partial charge on any atom is 0.0721 e. The second-order valence-corrected chi connectivity index (χ2v) is 8.24. The van der Waals surface area contributed by atoms with Crippen LogP contribution in [0.2, 0.25) is 0 Å². The fraction of sp³-hybridized carbons (Fsp3) is 0. The minimum Gasteiger partial charge on any atom is -0.248 e. The van der Waals surface area contributed by atoms with Crippen molar-refractivity contribution in [3.8, 4) is 22.4 Å². The van der Waals surface area contributed by atoms with E-state index in [-0.39, 0.29) is 0 Å². The Morgan fingerprint density at radius 2 is 1.35 bits per heavy atom. The minimum atomic E-state index is 1.01. The topological polar surface area (TPSA) is 12.9 Å². The minimum absolute atomic E-state index is 1.01. The zero-order valence-corrected chi connectivity index (χ0v) is 16.9. The molecule has 4 aromatic rings. The molecule has 1 nitrogen and oxygen atoms in total. The third kappa shape index (κ3) is 2.72. The van der Waals surface area contributed by atoms with Gasteiger partial charge in [-0.3, -0.25) is 0 Å². The number of hydrogen-bond donors (Lipinski definition) is 0. The molecular formula is C23H13Br2N. The lowest BCUT2D eigenvalue weighted by atomic mass is 10.00. The Hall–Kier alpha value is -2.23. The number of aromatic nitrogens is 1. The number of rotatable bonds is 2. The molecule has 0 radical (unpaired) electrons. The molecular weight excluding hydrogens is 450 g/mol. The molecule has 0 spiro atoms. The zero-order chi connectivity index (χ0) is 17.7. The van der Waals surface area contributed by atoms with Crippen molar-refractivity contribution in [1.82, 2.24) is 4.98 Å². The van der Waals surface area contributed by atoms with E-state index in [1.807, 2.05) is 6.07 Å². The molecule has 0 saturated heterocycles. The van der Waals surface area contributed by atoms with Crippen LogP contribution in [0.4, 0.5) is 0 Å². The van der Waals surface area contributed by atoms with E-state index in [2.05, 4.69) is 105 Å². The van der Waals surface area contributed by atoms with E-state index in [0.717, 1.165) is 25.7 Å². The summed E-state index contributed by atoms with van der Waals surface area (Å²) >= 11 is 7.15. The Kier molecular flexibility index (Phi) is 3.80. The summed E-state index contributed by atoms with van der Waals surface area (Å²) in [6.07, 6.45) is 4.34. The van der Waals surface area contributed by atoms with Crippen LogP contribution >= 0.6 is 31.9 Å². The Labute approximate surface area is 168 Å². The van der Waals surface area contributed by atoms with Crippen LogP contribution < -0.4 is 0 Å². The summed E-state index contributed by atoms with van der Waals surface area (Å²) in [6.45, 7) is 0. The van der Waals surface area contributed by atoms with Crippen molar-refractivity contribution in [2.75, 3.05) is 0 Å². The lowest BCUT2D eigenvalue weighted by Gasteiger charge is -2.09. The average Bonchev–Trinajstić information content (AvgIpc) is 3.06. The molecule has 0 amide bonds. The molecule has 1 aliphatic rings. The Morgan fingerprint density at radius 3 is 2.19 bits per heavy atom. The number of hydrogen-bond acceptors (Lipinski definition) is 1. The second kappa shape index (κ2) is 6.19. The third-order valence-electron chi connectivity index (χ3n) is 4.69. The molecule has 0 unspecified atom stereocenters. The molecule has 124 valence electrons.